The monoisotopic (exact) mass is 389 g/mol. The van der Waals surface area contributed by atoms with Gasteiger partial charge < -0.3 is 4.42 Å². The van der Waals surface area contributed by atoms with Crippen LogP contribution in [0, 0.1) is 0 Å². The molecule has 1 aromatic carbocycles. The van der Waals surface area contributed by atoms with Crippen LogP contribution in [-0.2, 0) is 26.4 Å². The van der Waals surface area contributed by atoms with Gasteiger partial charge in [0.2, 0.25) is 10.0 Å². The minimum Gasteiger partial charge on any atom is -0.468 e. The summed E-state index contributed by atoms with van der Waals surface area (Å²) in [6, 6.07) is 8.52. The fraction of sp³-hybridized carbons (Fsp3) is 0.333. The fourth-order valence-corrected chi connectivity index (χ4v) is 6.28. The molecule has 0 spiro atoms. The minimum absolute atomic E-state index is 0.0114. The van der Waals surface area contributed by atoms with Crippen molar-refractivity contribution in [1.29, 1.82) is 0 Å². The zero-order valence-electron chi connectivity index (χ0n) is 12.6. The second-order valence-corrected chi connectivity index (χ2v) is 10.2. The summed E-state index contributed by atoms with van der Waals surface area (Å²) in [6.45, 7) is -0.0157. The standard InChI is InChI=1S/C15H16ClNO5S2/c16-12-3-5-15(6-4-12)24(20,21)17(10-14-2-1-8-22-14)13-7-9-23(18,19)11-13/h1-6,8,13H,7,9-11H2/t13-/m1/s1. The van der Waals surface area contributed by atoms with Crippen molar-refractivity contribution in [3.8, 4) is 0 Å². The van der Waals surface area contributed by atoms with Crippen molar-refractivity contribution >= 4 is 31.5 Å². The van der Waals surface area contributed by atoms with E-state index in [-0.39, 0.29) is 29.4 Å². The average molecular weight is 390 g/mol. The van der Waals surface area contributed by atoms with E-state index in [2.05, 4.69) is 0 Å². The van der Waals surface area contributed by atoms with Gasteiger partial charge in [-0.3, -0.25) is 0 Å². The first-order valence-corrected chi connectivity index (χ1v) is 10.9. The molecule has 3 rings (SSSR count). The van der Waals surface area contributed by atoms with Crippen molar-refractivity contribution in [2.24, 2.45) is 0 Å². The van der Waals surface area contributed by atoms with E-state index in [0.29, 0.717) is 10.8 Å². The van der Waals surface area contributed by atoms with E-state index in [4.69, 9.17) is 16.0 Å². The average Bonchev–Trinajstić information content (AvgIpc) is 3.14. The molecule has 0 aliphatic carbocycles. The molecule has 0 bridgehead atoms. The largest absolute Gasteiger partial charge is 0.468 e. The van der Waals surface area contributed by atoms with E-state index < -0.39 is 25.9 Å². The van der Waals surface area contributed by atoms with Gasteiger partial charge in [0.15, 0.2) is 9.84 Å². The van der Waals surface area contributed by atoms with Crippen molar-refractivity contribution in [1.82, 2.24) is 4.31 Å². The molecule has 0 saturated carbocycles. The van der Waals surface area contributed by atoms with Crippen LogP contribution in [0.1, 0.15) is 12.2 Å². The van der Waals surface area contributed by atoms with Crippen LogP contribution in [0.15, 0.2) is 52.0 Å². The number of benzene rings is 1. The lowest BCUT2D eigenvalue weighted by atomic mass is 10.2. The SMILES string of the molecule is O=S1(=O)CC[C@@H](N(Cc2ccco2)S(=O)(=O)c2ccc(Cl)cc2)C1. The van der Waals surface area contributed by atoms with Crippen LogP contribution >= 0.6 is 11.6 Å². The van der Waals surface area contributed by atoms with Gasteiger partial charge in [-0.25, -0.2) is 16.8 Å². The van der Waals surface area contributed by atoms with Crippen molar-refractivity contribution in [2.75, 3.05) is 11.5 Å². The van der Waals surface area contributed by atoms with E-state index in [0.717, 1.165) is 0 Å². The summed E-state index contributed by atoms with van der Waals surface area (Å²) in [7, 11) is -7.10. The molecule has 1 aliphatic rings. The van der Waals surface area contributed by atoms with Gasteiger partial charge in [-0.15, -0.1) is 0 Å². The third-order valence-electron chi connectivity index (χ3n) is 3.93. The van der Waals surface area contributed by atoms with Crippen LogP contribution < -0.4 is 0 Å². The highest BCUT2D eigenvalue weighted by molar-refractivity contribution is 7.92. The van der Waals surface area contributed by atoms with Gasteiger partial charge in [0.05, 0.1) is 29.2 Å². The van der Waals surface area contributed by atoms with Crippen molar-refractivity contribution < 1.29 is 21.3 Å². The van der Waals surface area contributed by atoms with Crippen LogP contribution in [0.3, 0.4) is 0 Å². The third kappa shape index (κ3) is 3.66. The van der Waals surface area contributed by atoms with E-state index in [9.17, 15) is 16.8 Å². The number of rotatable bonds is 5. The van der Waals surface area contributed by atoms with E-state index in [1.54, 1.807) is 12.1 Å². The van der Waals surface area contributed by atoms with E-state index in [1.807, 2.05) is 0 Å². The molecule has 0 unspecified atom stereocenters. The molecule has 1 aromatic heterocycles. The Morgan fingerprint density at radius 3 is 2.46 bits per heavy atom. The molecular formula is C15H16ClNO5S2. The molecule has 1 atom stereocenters. The van der Waals surface area contributed by atoms with Gasteiger partial charge in [0.1, 0.15) is 5.76 Å². The van der Waals surface area contributed by atoms with Crippen LogP contribution in [0.4, 0.5) is 0 Å². The lowest BCUT2D eigenvalue weighted by Crippen LogP contribution is -2.40. The number of sulfone groups is 1. The van der Waals surface area contributed by atoms with Gasteiger partial charge >= 0.3 is 0 Å². The number of sulfonamides is 1. The zero-order valence-corrected chi connectivity index (χ0v) is 15.0. The normalized spacial score (nSPS) is 20.5. The Balaban J connectivity index is 1.98. The lowest BCUT2D eigenvalue weighted by Gasteiger charge is -2.26. The number of halogens is 1. The molecular weight excluding hydrogens is 374 g/mol. The number of hydrogen-bond acceptors (Lipinski definition) is 5. The third-order valence-corrected chi connectivity index (χ3v) is 7.84. The quantitative estimate of drug-likeness (QED) is 0.783. The first kappa shape index (κ1) is 17.5. The molecule has 1 fully saturated rings. The van der Waals surface area contributed by atoms with Crippen molar-refractivity contribution in [2.45, 2.75) is 23.9 Å². The highest BCUT2D eigenvalue weighted by atomic mass is 35.5. The second kappa shape index (κ2) is 6.51. The van der Waals surface area contributed by atoms with Crippen molar-refractivity contribution in [3.63, 3.8) is 0 Å². The Morgan fingerprint density at radius 2 is 1.92 bits per heavy atom. The first-order valence-electron chi connectivity index (χ1n) is 7.28. The van der Waals surface area contributed by atoms with Gasteiger partial charge in [-0.05, 0) is 42.8 Å². The molecule has 2 aromatic rings. The Hall–Kier alpha value is -1.35. The van der Waals surface area contributed by atoms with E-state index in [1.165, 1.54) is 34.8 Å². The van der Waals surface area contributed by atoms with Crippen LogP contribution in [0.25, 0.3) is 0 Å². The van der Waals surface area contributed by atoms with Gasteiger partial charge in [0, 0.05) is 11.1 Å². The Labute approximate surface area is 146 Å². The number of nitrogens with zero attached hydrogens (tertiary/aromatic N) is 1. The zero-order chi connectivity index (χ0) is 17.4. The Morgan fingerprint density at radius 1 is 1.21 bits per heavy atom. The summed E-state index contributed by atoms with van der Waals surface area (Å²) in [6.07, 6.45) is 1.73. The lowest BCUT2D eigenvalue weighted by molar-refractivity contribution is 0.307. The summed E-state index contributed by atoms with van der Waals surface area (Å²) in [5.74, 6) is 0.264. The van der Waals surface area contributed by atoms with Crippen LogP contribution in [0.2, 0.25) is 5.02 Å². The maximum Gasteiger partial charge on any atom is 0.243 e. The van der Waals surface area contributed by atoms with Crippen molar-refractivity contribution in [3.05, 3.63) is 53.4 Å². The highest BCUT2D eigenvalue weighted by Crippen LogP contribution is 2.27. The van der Waals surface area contributed by atoms with Gasteiger partial charge in [-0.1, -0.05) is 11.6 Å². The number of hydrogen-bond donors (Lipinski definition) is 0. The second-order valence-electron chi connectivity index (χ2n) is 5.64. The summed E-state index contributed by atoms with van der Waals surface area (Å²) < 4.78 is 56.1. The molecule has 0 radical (unpaired) electrons. The van der Waals surface area contributed by atoms with Crippen LogP contribution in [-0.4, -0.2) is 38.7 Å². The molecule has 1 saturated heterocycles. The summed E-state index contributed by atoms with van der Waals surface area (Å²) in [5, 5.41) is 0.426. The predicted molar refractivity (Wildman–Crippen MR) is 89.9 cm³/mol. The molecule has 1 aliphatic heterocycles. The summed E-state index contributed by atoms with van der Waals surface area (Å²) in [4.78, 5) is 0.0720. The summed E-state index contributed by atoms with van der Waals surface area (Å²) >= 11 is 5.82. The van der Waals surface area contributed by atoms with Gasteiger partial charge in [-0.2, -0.15) is 4.31 Å². The maximum atomic E-state index is 13.0. The Kier molecular flexibility index (Phi) is 4.74. The molecule has 6 nitrogen and oxygen atoms in total. The number of furan rings is 1. The molecule has 2 heterocycles. The molecule has 0 N–H and O–H groups in total. The fourth-order valence-electron chi connectivity index (χ4n) is 2.71. The van der Waals surface area contributed by atoms with Gasteiger partial charge in [0.25, 0.3) is 0 Å². The highest BCUT2D eigenvalue weighted by Gasteiger charge is 2.39. The Bertz CT molecular complexity index is 905. The predicted octanol–water partition coefficient (Wildman–Crippen LogP) is 2.31. The molecule has 24 heavy (non-hydrogen) atoms. The smallest absolute Gasteiger partial charge is 0.243 e. The maximum absolute atomic E-state index is 13.0. The first-order chi connectivity index (χ1) is 11.3. The van der Waals surface area contributed by atoms with Crippen LogP contribution in [0.5, 0.6) is 0 Å². The summed E-state index contributed by atoms with van der Waals surface area (Å²) in [5.41, 5.74) is 0. The topological polar surface area (TPSA) is 84.7 Å². The minimum atomic E-state index is -3.88. The molecule has 9 heteroatoms. The molecule has 0 amide bonds. The molecule has 130 valence electrons. The van der Waals surface area contributed by atoms with E-state index >= 15 is 0 Å².